The van der Waals surface area contributed by atoms with Crippen LogP contribution in [0.15, 0.2) is 42.7 Å². The molecular weight excluding hydrogens is 356 g/mol. The SMILES string of the molecule is NCC1CCCCN1C(=O)c1ccc2c(c1)C(=O)N(Cc1ccncc1)C2=O. The van der Waals surface area contributed by atoms with Gasteiger partial charge in [-0.15, -0.1) is 0 Å². The molecule has 1 fully saturated rings. The number of piperidine rings is 1. The summed E-state index contributed by atoms with van der Waals surface area (Å²) in [5.74, 6) is -0.847. The number of amides is 3. The number of nitrogens with two attached hydrogens (primary N) is 1. The van der Waals surface area contributed by atoms with E-state index >= 15 is 0 Å². The predicted octanol–water partition coefficient (Wildman–Crippen LogP) is 1.83. The number of benzene rings is 1. The second-order valence-corrected chi connectivity index (χ2v) is 7.20. The highest BCUT2D eigenvalue weighted by Gasteiger charge is 2.36. The van der Waals surface area contributed by atoms with Crippen LogP contribution in [0.2, 0.25) is 0 Å². The maximum absolute atomic E-state index is 13.0. The number of carbonyl (C=O) groups excluding carboxylic acids is 3. The van der Waals surface area contributed by atoms with Crippen LogP contribution in [-0.2, 0) is 6.54 Å². The summed E-state index contributed by atoms with van der Waals surface area (Å²) in [4.78, 5) is 45.4. The van der Waals surface area contributed by atoms with Crippen LogP contribution in [-0.4, -0.2) is 51.6 Å². The van der Waals surface area contributed by atoms with Gasteiger partial charge in [0, 0.05) is 37.1 Å². The van der Waals surface area contributed by atoms with Crippen molar-refractivity contribution in [2.75, 3.05) is 13.1 Å². The van der Waals surface area contributed by atoms with Crippen molar-refractivity contribution < 1.29 is 14.4 Å². The lowest BCUT2D eigenvalue weighted by Gasteiger charge is -2.35. The summed E-state index contributed by atoms with van der Waals surface area (Å²) in [5, 5.41) is 0. The zero-order valence-corrected chi connectivity index (χ0v) is 15.5. The minimum absolute atomic E-state index is 0.0232. The fourth-order valence-corrected chi connectivity index (χ4v) is 3.92. The van der Waals surface area contributed by atoms with E-state index in [1.165, 1.54) is 4.90 Å². The van der Waals surface area contributed by atoms with Crippen LogP contribution in [0.25, 0.3) is 0 Å². The monoisotopic (exact) mass is 378 g/mol. The van der Waals surface area contributed by atoms with Gasteiger partial charge in [-0.3, -0.25) is 24.3 Å². The molecule has 0 aliphatic carbocycles. The van der Waals surface area contributed by atoms with E-state index in [9.17, 15) is 14.4 Å². The molecule has 1 atom stereocenters. The van der Waals surface area contributed by atoms with Gasteiger partial charge in [0.15, 0.2) is 0 Å². The Balaban J connectivity index is 1.59. The topological polar surface area (TPSA) is 96.6 Å². The van der Waals surface area contributed by atoms with Crippen molar-refractivity contribution in [2.24, 2.45) is 5.73 Å². The third kappa shape index (κ3) is 3.18. The number of carbonyl (C=O) groups is 3. The van der Waals surface area contributed by atoms with E-state index in [1.54, 1.807) is 47.6 Å². The van der Waals surface area contributed by atoms with Crippen LogP contribution in [0.5, 0.6) is 0 Å². The van der Waals surface area contributed by atoms with E-state index in [1.807, 2.05) is 0 Å². The molecule has 7 nitrogen and oxygen atoms in total. The molecule has 28 heavy (non-hydrogen) atoms. The number of imide groups is 1. The summed E-state index contributed by atoms with van der Waals surface area (Å²) in [5.41, 5.74) is 7.69. The van der Waals surface area contributed by atoms with Gasteiger partial charge in [-0.05, 0) is 55.2 Å². The maximum Gasteiger partial charge on any atom is 0.261 e. The zero-order chi connectivity index (χ0) is 19.7. The van der Waals surface area contributed by atoms with Gasteiger partial charge < -0.3 is 10.6 Å². The number of nitrogens with zero attached hydrogens (tertiary/aromatic N) is 3. The highest BCUT2D eigenvalue weighted by molar-refractivity contribution is 6.22. The van der Waals surface area contributed by atoms with E-state index in [4.69, 9.17) is 5.73 Å². The van der Waals surface area contributed by atoms with E-state index in [0.717, 1.165) is 24.8 Å². The number of pyridine rings is 1. The molecule has 1 saturated heterocycles. The molecule has 2 aliphatic rings. The Morgan fingerprint density at radius 3 is 2.57 bits per heavy atom. The molecule has 2 N–H and O–H groups in total. The van der Waals surface area contributed by atoms with Gasteiger partial charge in [0.05, 0.1) is 17.7 Å². The number of aromatic nitrogens is 1. The van der Waals surface area contributed by atoms with E-state index in [0.29, 0.717) is 24.2 Å². The molecule has 7 heteroatoms. The average molecular weight is 378 g/mol. The van der Waals surface area contributed by atoms with Crippen molar-refractivity contribution in [3.8, 4) is 0 Å². The molecule has 2 aromatic rings. The summed E-state index contributed by atoms with van der Waals surface area (Å²) in [7, 11) is 0. The van der Waals surface area contributed by atoms with Crippen molar-refractivity contribution in [1.29, 1.82) is 0 Å². The predicted molar refractivity (Wildman–Crippen MR) is 103 cm³/mol. The van der Waals surface area contributed by atoms with Crippen molar-refractivity contribution in [3.05, 3.63) is 65.0 Å². The van der Waals surface area contributed by atoms with Gasteiger partial charge in [-0.25, -0.2) is 0 Å². The molecule has 3 amide bonds. The molecule has 2 aliphatic heterocycles. The van der Waals surface area contributed by atoms with Gasteiger partial charge in [0.25, 0.3) is 17.7 Å². The Labute approximate surface area is 163 Å². The molecule has 0 saturated carbocycles. The van der Waals surface area contributed by atoms with E-state index in [2.05, 4.69) is 4.98 Å². The van der Waals surface area contributed by atoms with Crippen LogP contribution in [0.1, 0.15) is 55.9 Å². The lowest BCUT2D eigenvalue weighted by Crippen LogP contribution is -2.47. The van der Waals surface area contributed by atoms with Crippen LogP contribution < -0.4 is 5.73 Å². The standard InChI is InChI=1S/C21H22N4O3/c22-12-16-3-1-2-10-24(16)19(26)15-4-5-17-18(11-15)21(28)25(20(17)27)13-14-6-8-23-9-7-14/h4-9,11,16H,1-3,10,12-13,22H2. The smallest absolute Gasteiger partial charge is 0.261 e. The van der Waals surface area contributed by atoms with Gasteiger partial charge in [-0.2, -0.15) is 0 Å². The Bertz CT molecular complexity index is 929. The minimum atomic E-state index is -0.375. The average Bonchev–Trinajstić information content (AvgIpc) is 2.98. The zero-order valence-electron chi connectivity index (χ0n) is 15.5. The van der Waals surface area contributed by atoms with Crippen molar-refractivity contribution in [3.63, 3.8) is 0 Å². The molecule has 4 rings (SSSR count). The molecule has 0 bridgehead atoms. The number of rotatable bonds is 4. The first-order valence-corrected chi connectivity index (χ1v) is 9.50. The van der Waals surface area contributed by atoms with Gasteiger partial charge in [0.1, 0.15) is 0 Å². The normalized spacial score (nSPS) is 19.1. The highest BCUT2D eigenvalue weighted by atomic mass is 16.2. The molecule has 1 aromatic heterocycles. The number of hydrogen-bond donors (Lipinski definition) is 1. The first-order chi connectivity index (χ1) is 13.6. The summed E-state index contributed by atoms with van der Waals surface area (Å²) < 4.78 is 0. The second-order valence-electron chi connectivity index (χ2n) is 7.20. The van der Waals surface area contributed by atoms with E-state index in [-0.39, 0.29) is 35.9 Å². The molecule has 144 valence electrons. The number of likely N-dealkylation sites (tertiary alicyclic amines) is 1. The first-order valence-electron chi connectivity index (χ1n) is 9.50. The number of hydrogen-bond acceptors (Lipinski definition) is 5. The Morgan fingerprint density at radius 2 is 1.82 bits per heavy atom. The fraction of sp³-hybridized carbons (Fsp3) is 0.333. The molecule has 1 aromatic carbocycles. The first kappa shape index (κ1) is 18.3. The maximum atomic E-state index is 13.0. The van der Waals surface area contributed by atoms with E-state index < -0.39 is 0 Å². The van der Waals surface area contributed by atoms with Crippen LogP contribution in [0.4, 0.5) is 0 Å². The highest BCUT2D eigenvalue weighted by Crippen LogP contribution is 2.27. The minimum Gasteiger partial charge on any atom is -0.334 e. The number of fused-ring (bicyclic) bond motifs is 1. The van der Waals surface area contributed by atoms with Crippen LogP contribution in [0.3, 0.4) is 0 Å². The van der Waals surface area contributed by atoms with Gasteiger partial charge >= 0.3 is 0 Å². The van der Waals surface area contributed by atoms with Gasteiger partial charge in [-0.1, -0.05) is 0 Å². The van der Waals surface area contributed by atoms with Crippen LogP contribution >= 0.6 is 0 Å². The molecule has 0 radical (unpaired) electrons. The third-order valence-corrected chi connectivity index (χ3v) is 5.47. The summed E-state index contributed by atoms with van der Waals surface area (Å²) >= 11 is 0. The summed E-state index contributed by atoms with van der Waals surface area (Å²) in [6, 6.07) is 8.31. The van der Waals surface area contributed by atoms with Gasteiger partial charge in [0.2, 0.25) is 0 Å². The second kappa shape index (κ2) is 7.52. The Hall–Kier alpha value is -3.06. The largest absolute Gasteiger partial charge is 0.334 e. The summed E-state index contributed by atoms with van der Waals surface area (Å²) in [6.45, 7) is 1.27. The molecule has 0 spiro atoms. The molecular formula is C21H22N4O3. The van der Waals surface area contributed by atoms with Crippen molar-refractivity contribution in [2.45, 2.75) is 31.8 Å². The molecule has 3 heterocycles. The Morgan fingerprint density at radius 1 is 1.07 bits per heavy atom. The lowest BCUT2D eigenvalue weighted by atomic mass is 9.99. The lowest BCUT2D eigenvalue weighted by molar-refractivity contribution is 0.0621. The van der Waals surface area contributed by atoms with Crippen LogP contribution in [0, 0.1) is 0 Å². The quantitative estimate of drug-likeness (QED) is 0.819. The van der Waals surface area contributed by atoms with Crippen molar-refractivity contribution in [1.82, 2.24) is 14.8 Å². The van der Waals surface area contributed by atoms with Crippen molar-refractivity contribution >= 4 is 17.7 Å². The third-order valence-electron chi connectivity index (χ3n) is 5.47. The Kier molecular flexibility index (Phi) is 4.92. The fourth-order valence-electron chi connectivity index (χ4n) is 3.92. The summed E-state index contributed by atoms with van der Waals surface area (Å²) in [6.07, 6.45) is 6.15. The molecule has 1 unspecified atom stereocenters.